The van der Waals surface area contributed by atoms with E-state index in [0.717, 1.165) is 11.3 Å². The maximum atomic E-state index is 11.8. The summed E-state index contributed by atoms with van der Waals surface area (Å²) in [6.45, 7) is 1.91. The van der Waals surface area contributed by atoms with E-state index in [2.05, 4.69) is 9.84 Å². The Morgan fingerprint density at radius 3 is 2.50 bits per heavy atom. The molecule has 0 radical (unpaired) electrons. The Balaban J connectivity index is 1.93. The third kappa shape index (κ3) is 4.23. The summed E-state index contributed by atoms with van der Waals surface area (Å²) in [5, 5.41) is 4.61. The minimum absolute atomic E-state index is 0.102. The van der Waals surface area contributed by atoms with Crippen molar-refractivity contribution < 1.29 is 19.1 Å². The van der Waals surface area contributed by atoms with Gasteiger partial charge < -0.3 is 9.47 Å². The second kappa shape index (κ2) is 7.79. The monoisotopic (exact) mass is 348 g/mol. The van der Waals surface area contributed by atoms with Gasteiger partial charge in [-0.15, -0.1) is 0 Å². The SMILES string of the molecule is COC(=O)c1ccc(COC(=O)/C=C/c2c(C)nn(C)c2Cl)cc1. The highest BCUT2D eigenvalue weighted by Gasteiger charge is 2.09. The average molecular weight is 349 g/mol. The topological polar surface area (TPSA) is 70.4 Å². The maximum Gasteiger partial charge on any atom is 0.337 e. The Hall–Kier alpha value is -2.60. The van der Waals surface area contributed by atoms with E-state index in [0.29, 0.717) is 16.3 Å². The predicted octanol–water partition coefficient (Wildman–Crippen LogP) is 2.93. The summed E-state index contributed by atoms with van der Waals surface area (Å²) in [6.07, 6.45) is 2.88. The van der Waals surface area contributed by atoms with E-state index in [9.17, 15) is 9.59 Å². The summed E-state index contributed by atoms with van der Waals surface area (Å²) in [6, 6.07) is 6.63. The van der Waals surface area contributed by atoms with E-state index in [1.807, 2.05) is 0 Å². The molecule has 2 rings (SSSR count). The first-order valence-corrected chi connectivity index (χ1v) is 7.51. The number of hydrogen-bond acceptors (Lipinski definition) is 5. The number of aromatic nitrogens is 2. The first-order chi connectivity index (χ1) is 11.4. The normalized spacial score (nSPS) is 10.8. The number of hydrogen-bond donors (Lipinski definition) is 0. The molecule has 2 aromatic rings. The van der Waals surface area contributed by atoms with Gasteiger partial charge in [0, 0.05) is 18.7 Å². The number of rotatable bonds is 5. The third-order valence-electron chi connectivity index (χ3n) is 3.34. The molecule has 0 atom stereocenters. The van der Waals surface area contributed by atoms with E-state index in [1.54, 1.807) is 44.3 Å². The van der Waals surface area contributed by atoms with Gasteiger partial charge in [-0.2, -0.15) is 5.10 Å². The van der Waals surface area contributed by atoms with Crippen molar-refractivity contribution in [3.63, 3.8) is 0 Å². The molecule has 6 nitrogen and oxygen atoms in total. The van der Waals surface area contributed by atoms with Crippen LogP contribution in [0.2, 0.25) is 5.15 Å². The van der Waals surface area contributed by atoms with E-state index >= 15 is 0 Å². The maximum absolute atomic E-state index is 11.8. The Morgan fingerprint density at radius 1 is 1.29 bits per heavy atom. The zero-order valence-corrected chi connectivity index (χ0v) is 14.3. The minimum atomic E-state index is -0.494. The van der Waals surface area contributed by atoms with Gasteiger partial charge >= 0.3 is 11.9 Å². The molecule has 126 valence electrons. The number of carbonyl (C=O) groups is 2. The molecule has 0 aliphatic rings. The van der Waals surface area contributed by atoms with Crippen LogP contribution in [0, 0.1) is 6.92 Å². The predicted molar refractivity (Wildman–Crippen MR) is 89.6 cm³/mol. The van der Waals surface area contributed by atoms with E-state index in [1.165, 1.54) is 17.9 Å². The van der Waals surface area contributed by atoms with Crippen LogP contribution in [-0.2, 0) is 27.9 Å². The molecule has 0 amide bonds. The summed E-state index contributed by atoms with van der Waals surface area (Å²) in [7, 11) is 3.05. The molecule has 0 saturated heterocycles. The van der Waals surface area contributed by atoms with Crippen LogP contribution in [0.15, 0.2) is 30.3 Å². The number of aryl methyl sites for hydroxylation is 2. The largest absolute Gasteiger partial charge is 0.465 e. The molecular weight excluding hydrogens is 332 g/mol. The highest BCUT2D eigenvalue weighted by Crippen LogP contribution is 2.20. The van der Waals surface area contributed by atoms with Crippen molar-refractivity contribution in [2.75, 3.05) is 7.11 Å². The van der Waals surface area contributed by atoms with Crippen LogP contribution in [0.4, 0.5) is 0 Å². The lowest BCUT2D eigenvalue weighted by molar-refractivity contribution is -0.138. The van der Waals surface area contributed by atoms with Crippen LogP contribution in [0.5, 0.6) is 0 Å². The second-order valence-corrected chi connectivity index (χ2v) is 5.40. The number of halogens is 1. The van der Waals surface area contributed by atoms with Crippen LogP contribution >= 0.6 is 11.6 Å². The van der Waals surface area contributed by atoms with Gasteiger partial charge in [0.1, 0.15) is 11.8 Å². The van der Waals surface area contributed by atoms with Crippen LogP contribution < -0.4 is 0 Å². The van der Waals surface area contributed by atoms with Crippen LogP contribution in [0.25, 0.3) is 6.08 Å². The molecule has 0 saturated carbocycles. The van der Waals surface area contributed by atoms with Crippen molar-refractivity contribution in [3.05, 3.63) is 57.9 Å². The quantitative estimate of drug-likeness (QED) is 0.613. The molecule has 0 bridgehead atoms. The number of benzene rings is 1. The molecule has 7 heteroatoms. The zero-order chi connectivity index (χ0) is 17.7. The fraction of sp³-hybridized carbons (Fsp3) is 0.235. The van der Waals surface area contributed by atoms with Crippen molar-refractivity contribution in [2.24, 2.45) is 7.05 Å². The van der Waals surface area contributed by atoms with Gasteiger partial charge in [-0.1, -0.05) is 23.7 Å². The number of ether oxygens (including phenoxy) is 2. The molecule has 1 heterocycles. The fourth-order valence-electron chi connectivity index (χ4n) is 2.04. The van der Waals surface area contributed by atoms with E-state index < -0.39 is 11.9 Å². The Kier molecular flexibility index (Phi) is 5.76. The number of methoxy groups -OCH3 is 1. The smallest absolute Gasteiger partial charge is 0.337 e. The van der Waals surface area contributed by atoms with Gasteiger partial charge in [0.2, 0.25) is 0 Å². The highest BCUT2D eigenvalue weighted by molar-refractivity contribution is 6.31. The lowest BCUT2D eigenvalue weighted by Crippen LogP contribution is -2.03. The molecule has 0 unspecified atom stereocenters. The minimum Gasteiger partial charge on any atom is -0.465 e. The molecule has 1 aromatic heterocycles. The summed E-state index contributed by atoms with van der Waals surface area (Å²) in [5.41, 5.74) is 2.61. The number of carbonyl (C=O) groups excluding carboxylic acids is 2. The van der Waals surface area contributed by atoms with Gasteiger partial charge in [0.25, 0.3) is 0 Å². The summed E-state index contributed by atoms with van der Waals surface area (Å²) < 4.78 is 11.3. The van der Waals surface area contributed by atoms with Gasteiger partial charge in [-0.05, 0) is 30.7 Å². The molecule has 0 aliphatic carbocycles. The average Bonchev–Trinajstić information content (AvgIpc) is 2.83. The van der Waals surface area contributed by atoms with Gasteiger partial charge in [0.05, 0.1) is 18.4 Å². The zero-order valence-electron chi connectivity index (χ0n) is 13.6. The summed E-state index contributed by atoms with van der Waals surface area (Å²) in [5.74, 6) is -0.906. The Bertz CT molecular complexity index is 779. The highest BCUT2D eigenvalue weighted by atomic mass is 35.5. The lowest BCUT2D eigenvalue weighted by Gasteiger charge is -2.04. The number of esters is 2. The lowest BCUT2D eigenvalue weighted by atomic mass is 10.1. The summed E-state index contributed by atoms with van der Waals surface area (Å²) in [4.78, 5) is 23.1. The van der Waals surface area contributed by atoms with Crippen molar-refractivity contribution in [1.29, 1.82) is 0 Å². The molecule has 24 heavy (non-hydrogen) atoms. The van der Waals surface area contributed by atoms with Crippen LogP contribution in [0.1, 0.15) is 27.2 Å². The summed E-state index contributed by atoms with van der Waals surface area (Å²) >= 11 is 6.08. The standard InChI is InChI=1S/C17H17ClN2O4/c1-11-14(16(18)20(2)19-11)8-9-15(21)24-10-12-4-6-13(7-5-12)17(22)23-3/h4-9H,10H2,1-3H3/b9-8+. The molecular formula is C17H17ClN2O4. The molecule has 1 aromatic carbocycles. The molecule has 0 fully saturated rings. The first-order valence-electron chi connectivity index (χ1n) is 7.13. The third-order valence-corrected chi connectivity index (χ3v) is 3.79. The number of nitrogens with zero attached hydrogens (tertiary/aromatic N) is 2. The molecule has 0 spiro atoms. The Morgan fingerprint density at radius 2 is 1.96 bits per heavy atom. The first kappa shape index (κ1) is 17.7. The van der Waals surface area contributed by atoms with Crippen molar-refractivity contribution in [2.45, 2.75) is 13.5 Å². The van der Waals surface area contributed by atoms with Crippen LogP contribution in [0.3, 0.4) is 0 Å². The van der Waals surface area contributed by atoms with Gasteiger partial charge in [-0.25, -0.2) is 9.59 Å². The van der Waals surface area contributed by atoms with E-state index in [-0.39, 0.29) is 6.61 Å². The van der Waals surface area contributed by atoms with E-state index in [4.69, 9.17) is 16.3 Å². The Labute approximate surface area is 144 Å². The second-order valence-electron chi connectivity index (χ2n) is 5.04. The van der Waals surface area contributed by atoms with Gasteiger partial charge in [-0.3, -0.25) is 4.68 Å². The van der Waals surface area contributed by atoms with Crippen LogP contribution in [-0.4, -0.2) is 28.8 Å². The van der Waals surface area contributed by atoms with Crippen molar-refractivity contribution in [3.8, 4) is 0 Å². The molecule has 0 aliphatic heterocycles. The fourth-order valence-corrected chi connectivity index (χ4v) is 2.28. The van der Waals surface area contributed by atoms with Gasteiger partial charge in [0.15, 0.2) is 0 Å². The van der Waals surface area contributed by atoms with Crippen molar-refractivity contribution >= 4 is 29.6 Å². The van der Waals surface area contributed by atoms with Crippen molar-refractivity contribution in [1.82, 2.24) is 9.78 Å². The molecule has 0 N–H and O–H groups in total.